The summed E-state index contributed by atoms with van der Waals surface area (Å²) >= 11 is 0. The van der Waals surface area contributed by atoms with Crippen LogP contribution < -0.4 is 15.5 Å². The summed E-state index contributed by atoms with van der Waals surface area (Å²) in [5.74, 6) is -4.13. The molecule has 2 aliphatic rings. The zero-order chi connectivity index (χ0) is 34.5. The van der Waals surface area contributed by atoms with E-state index in [1.165, 1.54) is 92.4 Å². The molecule has 3 heterocycles. The van der Waals surface area contributed by atoms with Crippen LogP contribution in [0.1, 0.15) is 144 Å². The zero-order valence-electron chi connectivity index (χ0n) is 28.5. The fourth-order valence-electron chi connectivity index (χ4n) is 6.46. The number of unbranched alkanes of at least 4 members (excludes halogenated alkanes) is 14. The Hall–Kier alpha value is -3.60. The summed E-state index contributed by atoms with van der Waals surface area (Å²) in [6.07, 6.45) is 18.6. The Balaban J connectivity index is 0.00000650. The lowest BCUT2D eigenvalue weighted by Crippen LogP contribution is -2.49. The van der Waals surface area contributed by atoms with Crippen LogP contribution in [0.3, 0.4) is 0 Å². The topological polar surface area (TPSA) is 107 Å². The molecule has 1 aromatic heterocycles. The number of esters is 1. The van der Waals surface area contributed by atoms with Gasteiger partial charge in [0.15, 0.2) is 11.9 Å². The lowest BCUT2D eigenvalue weighted by molar-refractivity contribution is -0.134. The van der Waals surface area contributed by atoms with Gasteiger partial charge in [0.25, 0.3) is 11.8 Å². The van der Waals surface area contributed by atoms with E-state index in [9.17, 15) is 28.0 Å². The van der Waals surface area contributed by atoms with Gasteiger partial charge in [0, 0.05) is 32.2 Å². The molecular formula is C37H53F2N3O6. The molecule has 2 aliphatic heterocycles. The Kier molecular flexibility index (Phi) is 14.6. The normalized spacial score (nSPS) is 16.9. The molecule has 0 spiro atoms. The number of fused-ring (bicyclic) bond motifs is 2. The van der Waals surface area contributed by atoms with E-state index in [0.29, 0.717) is 19.1 Å². The molecule has 9 nitrogen and oxygen atoms in total. The van der Waals surface area contributed by atoms with E-state index in [2.05, 4.69) is 12.2 Å². The number of ether oxygens (including phenoxy) is 2. The lowest BCUT2D eigenvalue weighted by Gasteiger charge is -2.34. The molecule has 11 heteroatoms. The van der Waals surface area contributed by atoms with Crippen molar-refractivity contribution < 1.29 is 34.1 Å². The first kappa shape index (κ1) is 37.2. The minimum atomic E-state index is -0.914. The number of carbonyl (C=O) groups is 3. The number of carbonyl (C=O) groups excluding carboxylic acids is 3. The first-order chi connectivity index (χ1) is 23.2. The van der Waals surface area contributed by atoms with Crippen molar-refractivity contribution in [2.24, 2.45) is 0 Å². The fourth-order valence-corrected chi connectivity index (χ4v) is 6.46. The van der Waals surface area contributed by atoms with Gasteiger partial charge in [0.2, 0.25) is 11.2 Å². The summed E-state index contributed by atoms with van der Waals surface area (Å²) in [4.78, 5) is 54.7. The molecule has 0 radical (unpaired) electrons. The number of hydrogen-bond donors (Lipinski definition) is 1. The molecule has 0 unspecified atom stereocenters. The second kappa shape index (κ2) is 18.8. The number of aromatic nitrogens is 1. The van der Waals surface area contributed by atoms with E-state index < -0.39 is 46.8 Å². The van der Waals surface area contributed by atoms with Crippen molar-refractivity contribution in [3.63, 3.8) is 0 Å². The summed E-state index contributed by atoms with van der Waals surface area (Å²) in [5, 5.41) is 2.47. The Morgan fingerprint density at radius 2 is 1.54 bits per heavy atom. The van der Waals surface area contributed by atoms with Crippen molar-refractivity contribution in [2.45, 2.75) is 142 Å². The van der Waals surface area contributed by atoms with Gasteiger partial charge < -0.3 is 24.3 Å². The summed E-state index contributed by atoms with van der Waals surface area (Å²) in [7, 11) is 0. The molecule has 2 amide bonds. The number of amides is 2. The molecule has 266 valence electrons. The zero-order valence-corrected chi connectivity index (χ0v) is 28.5. The first-order valence-electron chi connectivity index (χ1n) is 17.9. The molecule has 48 heavy (non-hydrogen) atoms. The Bertz CT molecular complexity index is 1470. The van der Waals surface area contributed by atoms with E-state index in [1.54, 1.807) is 0 Å². The average molecular weight is 674 g/mol. The molecule has 1 aromatic carbocycles. The van der Waals surface area contributed by atoms with Gasteiger partial charge in [-0.25, -0.2) is 8.78 Å². The van der Waals surface area contributed by atoms with E-state index in [-0.39, 0.29) is 43.8 Å². The minimum absolute atomic E-state index is 0. The van der Waals surface area contributed by atoms with Gasteiger partial charge in [-0.1, -0.05) is 103 Å². The molecule has 1 saturated heterocycles. The van der Waals surface area contributed by atoms with Gasteiger partial charge in [0.05, 0.1) is 19.2 Å². The number of pyridine rings is 1. The number of benzene rings is 1. The molecule has 1 fully saturated rings. The second-order valence-electron chi connectivity index (χ2n) is 13.1. The maximum atomic E-state index is 14.1. The molecule has 2 atom stereocenters. The SMILES string of the molecule is CCCCCCCCCCCCCCCCCC(=O)Oc1c2n(cc(C(=O)NCc3ccc(F)cc3F)c1=O)C[C@H]1OC[C@H](C)N1C2=O.[HH]. The van der Waals surface area contributed by atoms with Crippen molar-refractivity contribution in [1.29, 1.82) is 0 Å². The van der Waals surface area contributed by atoms with E-state index in [4.69, 9.17) is 9.47 Å². The number of hydrogen-bond acceptors (Lipinski definition) is 6. The lowest BCUT2D eigenvalue weighted by atomic mass is 10.0. The summed E-state index contributed by atoms with van der Waals surface area (Å²) in [5.41, 5.74) is -1.37. The Morgan fingerprint density at radius 3 is 2.15 bits per heavy atom. The Labute approximate surface area is 283 Å². The van der Waals surface area contributed by atoms with E-state index in [0.717, 1.165) is 25.3 Å². The monoisotopic (exact) mass is 673 g/mol. The van der Waals surface area contributed by atoms with Crippen molar-refractivity contribution in [2.75, 3.05) is 6.61 Å². The smallest absolute Gasteiger partial charge is 0.311 e. The summed E-state index contributed by atoms with van der Waals surface area (Å²) < 4.78 is 40.2. The van der Waals surface area contributed by atoms with Crippen LogP contribution in [0.5, 0.6) is 5.75 Å². The van der Waals surface area contributed by atoms with Crippen molar-refractivity contribution in [3.05, 3.63) is 63.1 Å². The highest BCUT2D eigenvalue weighted by molar-refractivity contribution is 6.00. The van der Waals surface area contributed by atoms with Crippen molar-refractivity contribution in [1.82, 2.24) is 14.8 Å². The maximum Gasteiger partial charge on any atom is 0.311 e. The third kappa shape index (κ3) is 10.2. The molecular weight excluding hydrogens is 620 g/mol. The van der Waals surface area contributed by atoms with Crippen LogP contribution in [0.25, 0.3) is 0 Å². The molecule has 0 bridgehead atoms. The van der Waals surface area contributed by atoms with Gasteiger partial charge in [-0.2, -0.15) is 0 Å². The average Bonchev–Trinajstić information content (AvgIpc) is 3.43. The number of halogens is 2. The molecule has 2 aromatic rings. The minimum Gasteiger partial charge on any atom is -0.420 e. The largest absolute Gasteiger partial charge is 0.420 e. The van der Waals surface area contributed by atoms with Gasteiger partial charge in [-0.3, -0.25) is 19.2 Å². The highest BCUT2D eigenvalue weighted by Crippen LogP contribution is 2.30. The second-order valence-corrected chi connectivity index (χ2v) is 13.1. The summed E-state index contributed by atoms with van der Waals surface area (Å²) in [6, 6.07) is 2.71. The highest BCUT2D eigenvalue weighted by atomic mass is 19.1. The quantitative estimate of drug-likeness (QED) is 0.114. The van der Waals surface area contributed by atoms with Gasteiger partial charge in [-0.15, -0.1) is 0 Å². The van der Waals surface area contributed by atoms with Crippen LogP contribution >= 0.6 is 0 Å². The number of nitrogens with zero attached hydrogens (tertiary/aromatic N) is 2. The number of nitrogens with one attached hydrogen (secondary N) is 1. The maximum absolute atomic E-state index is 14.1. The summed E-state index contributed by atoms with van der Waals surface area (Å²) in [6.45, 7) is 4.19. The van der Waals surface area contributed by atoms with Crippen LogP contribution in [0.2, 0.25) is 0 Å². The number of rotatable bonds is 20. The predicted octanol–water partition coefficient (Wildman–Crippen LogP) is 7.67. The fraction of sp³-hybridized carbons (Fsp3) is 0.622. The van der Waals surface area contributed by atoms with Gasteiger partial charge >= 0.3 is 5.97 Å². The van der Waals surface area contributed by atoms with Crippen LogP contribution in [0, 0.1) is 11.6 Å². The van der Waals surface area contributed by atoms with Gasteiger partial charge in [-0.05, 0) is 19.4 Å². The third-order valence-corrected chi connectivity index (χ3v) is 9.24. The van der Waals surface area contributed by atoms with Crippen LogP contribution in [-0.4, -0.2) is 46.1 Å². The molecule has 0 aliphatic carbocycles. The van der Waals surface area contributed by atoms with Gasteiger partial charge in [0.1, 0.15) is 17.2 Å². The van der Waals surface area contributed by atoms with Crippen molar-refractivity contribution in [3.8, 4) is 5.75 Å². The van der Waals surface area contributed by atoms with Crippen molar-refractivity contribution >= 4 is 17.8 Å². The Morgan fingerprint density at radius 1 is 0.938 bits per heavy atom. The molecule has 0 saturated carbocycles. The first-order valence-corrected chi connectivity index (χ1v) is 17.9. The van der Waals surface area contributed by atoms with Crippen LogP contribution in [0.4, 0.5) is 8.78 Å². The van der Waals surface area contributed by atoms with E-state index >= 15 is 0 Å². The van der Waals surface area contributed by atoms with E-state index in [1.807, 2.05) is 6.92 Å². The standard InChI is InChI=1S/C37H51F2N3O6.H2/c1-3-4-5-6-7-8-9-10-11-12-13-14-15-16-17-18-32(43)48-35-33-37(46)42-26(2)25-47-31(42)24-41(33)23-29(34(35)44)36(45)40-22-27-19-20-28(38)21-30(27)39;/h19-21,23,26,31H,3-18,22,24-25H2,1-2H3,(H,40,45);1H/t26-,31+;/m0./s1. The third-order valence-electron chi connectivity index (χ3n) is 9.24. The highest BCUT2D eigenvalue weighted by Gasteiger charge is 2.43. The van der Waals surface area contributed by atoms with Crippen LogP contribution in [-0.2, 0) is 22.6 Å². The molecule has 4 rings (SSSR count). The predicted molar refractivity (Wildman–Crippen MR) is 181 cm³/mol. The van der Waals surface area contributed by atoms with Crippen LogP contribution in [0.15, 0.2) is 29.2 Å². The molecule has 1 N–H and O–H groups in total.